The van der Waals surface area contributed by atoms with Gasteiger partial charge in [0.05, 0.1) is 13.2 Å². The Bertz CT molecular complexity index is 530. The topological polar surface area (TPSA) is 44.8 Å². The summed E-state index contributed by atoms with van der Waals surface area (Å²) in [5.41, 5.74) is 0.908. The zero-order chi connectivity index (χ0) is 18.2. The summed E-state index contributed by atoms with van der Waals surface area (Å²) in [4.78, 5) is 16.4. The van der Waals surface area contributed by atoms with E-state index in [9.17, 15) is 9.18 Å². The van der Waals surface area contributed by atoms with Crippen LogP contribution in [0.15, 0.2) is 24.3 Å². The molecule has 1 aromatic carbocycles. The lowest BCUT2D eigenvalue weighted by molar-refractivity contribution is 0.0127. The number of morpholine rings is 1. The highest BCUT2D eigenvalue weighted by Crippen LogP contribution is 2.13. The number of urea groups is 1. The zero-order valence-corrected chi connectivity index (χ0v) is 15.5. The molecule has 1 aromatic rings. The maximum atomic E-state index is 13.0. The number of halogens is 1. The van der Waals surface area contributed by atoms with Gasteiger partial charge >= 0.3 is 6.03 Å². The molecule has 6 heteroatoms. The van der Waals surface area contributed by atoms with Gasteiger partial charge in [0.1, 0.15) is 5.82 Å². The van der Waals surface area contributed by atoms with Gasteiger partial charge in [0.2, 0.25) is 0 Å². The Morgan fingerprint density at radius 1 is 1.28 bits per heavy atom. The highest BCUT2D eigenvalue weighted by Gasteiger charge is 2.23. The van der Waals surface area contributed by atoms with Crippen LogP contribution in [0.3, 0.4) is 0 Å². The van der Waals surface area contributed by atoms with E-state index < -0.39 is 0 Å². The fourth-order valence-corrected chi connectivity index (χ4v) is 3.12. The van der Waals surface area contributed by atoms with Crippen molar-refractivity contribution in [2.24, 2.45) is 5.92 Å². The van der Waals surface area contributed by atoms with Crippen molar-refractivity contribution >= 4 is 6.03 Å². The number of benzene rings is 1. The van der Waals surface area contributed by atoms with Gasteiger partial charge in [-0.2, -0.15) is 0 Å². The number of hydrogen-bond acceptors (Lipinski definition) is 3. The maximum absolute atomic E-state index is 13.0. The molecule has 140 valence electrons. The Morgan fingerprint density at radius 3 is 2.52 bits per heavy atom. The summed E-state index contributed by atoms with van der Waals surface area (Å²) < 4.78 is 18.4. The Labute approximate surface area is 150 Å². The number of nitrogens with zero attached hydrogens (tertiary/aromatic N) is 2. The van der Waals surface area contributed by atoms with Crippen LogP contribution in [0, 0.1) is 11.7 Å². The molecule has 2 rings (SSSR count). The first-order chi connectivity index (χ1) is 12.0. The molecule has 1 unspecified atom stereocenters. The Hall–Kier alpha value is -1.66. The minimum Gasteiger partial charge on any atom is -0.379 e. The van der Waals surface area contributed by atoms with Gasteiger partial charge in [-0.3, -0.25) is 4.90 Å². The van der Waals surface area contributed by atoms with Gasteiger partial charge in [-0.15, -0.1) is 0 Å². The van der Waals surface area contributed by atoms with Crippen molar-refractivity contribution in [2.75, 3.05) is 39.9 Å². The van der Waals surface area contributed by atoms with Gasteiger partial charge in [-0.1, -0.05) is 26.0 Å². The average molecular weight is 351 g/mol. The molecule has 1 saturated heterocycles. The lowest BCUT2D eigenvalue weighted by atomic mass is 10.0. The standard InChI is InChI=1S/C19H30FN3O2/c1-15(2)12-18(23-8-10-25-11-9-23)13-21-19(24)22(3)14-16-4-6-17(20)7-5-16/h4-7,15,18H,8-14H2,1-3H3,(H,21,24). The molecule has 1 heterocycles. The molecule has 0 spiro atoms. The summed E-state index contributed by atoms with van der Waals surface area (Å²) in [6, 6.07) is 6.46. The molecule has 0 bridgehead atoms. The van der Waals surface area contributed by atoms with Crippen LogP contribution >= 0.6 is 0 Å². The third kappa shape index (κ3) is 6.63. The Morgan fingerprint density at radius 2 is 1.92 bits per heavy atom. The monoisotopic (exact) mass is 351 g/mol. The summed E-state index contributed by atoms with van der Waals surface area (Å²) in [7, 11) is 1.75. The van der Waals surface area contributed by atoms with Crippen LogP contribution in [-0.4, -0.2) is 61.8 Å². The molecule has 1 aliphatic heterocycles. The molecule has 0 saturated carbocycles. The minimum atomic E-state index is -0.266. The molecule has 1 atom stereocenters. The summed E-state index contributed by atoms with van der Waals surface area (Å²) >= 11 is 0. The van der Waals surface area contributed by atoms with E-state index in [-0.39, 0.29) is 11.8 Å². The van der Waals surface area contributed by atoms with Crippen molar-refractivity contribution in [3.8, 4) is 0 Å². The fourth-order valence-electron chi connectivity index (χ4n) is 3.12. The van der Waals surface area contributed by atoms with Crippen molar-refractivity contribution in [3.63, 3.8) is 0 Å². The van der Waals surface area contributed by atoms with Crippen LogP contribution in [0.2, 0.25) is 0 Å². The van der Waals surface area contributed by atoms with Gasteiger partial charge in [0, 0.05) is 39.3 Å². The average Bonchev–Trinajstić information content (AvgIpc) is 2.60. The predicted molar refractivity (Wildman–Crippen MR) is 96.9 cm³/mol. The molecule has 0 aliphatic carbocycles. The Kier molecular flexibility index (Phi) is 7.65. The highest BCUT2D eigenvalue weighted by molar-refractivity contribution is 5.73. The van der Waals surface area contributed by atoms with E-state index in [2.05, 4.69) is 24.1 Å². The first-order valence-electron chi connectivity index (χ1n) is 9.01. The second-order valence-electron chi connectivity index (χ2n) is 7.10. The lowest BCUT2D eigenvalue weighted by Gasteiger charge is -2.35. The summed E-state index contributed by atoms with van der Waals surface area (Å²) in [6.07, 6.45) is 1.04. The second-order valence-corrected chi connectivity index (χ2v) is 7.10. The normalized spacial score (nSPS) is 16.7. The van der Waals surface area contributed by atoms with Gasteiger partial charge in [0.25, 0.3) is 0 Å². The molecule has 2 amide bonds. The third-order valence-electron chi connectivity index (χ3n) is 4.47. The van der Waals surface area contributed by atoms with Gasteiger partial charge < -0.3 is 15.0 Å². The number of carbonyl (C=O) groups excluding carboxylic acids is 1. The van der Waals surface area contributed by atoms with Crippen molar-refractivity contribution in [3.05, 3.63) is 35.6 Å². The van der Waals surface area contributed by atoms with E-state index in [4.69, 9.17) is 4.74 Å². The van der Waals surface area contributed by atoms with E-state index in [1.165, 1.54) is 12.1 Å². The zero-order valence-electron chi connectivity index (χ0n) is 15.5. The predicted octanol–water partition coefficient (Wildman–Crippen LogP) is 2.71. The van der Waals surface area contributed by atoms with Crippen LogP contribution in [0.25, 0.3) is 0 Å². The summed E-state index contributed by atoms with van der Waals surface area (Å²) in [5, 5.41) is 3.05. The fraction of sp³-hybridized carbons (Fsp3) is 0.632. The quantitative estimate of drug-likeness (QED) is 0.821. The molecule has 1 aliphatic rings. The maximum Gasteiger partial charge on any atom is 0.317 e. The molecule has 1 N–H and O–H groups in total. The van der Waals surface area contributed by atoms with Gasteiger partial charge in [-0.25, -0.2) is 9.18 Å². The van der Waals surface area contributed by atoms with Crippen LogP contribution in [0.4, 0.5) is 9.18 Å². The molecule has 0 aromatic heterocycles. The van der Waals surface area contributed by atoms with Crippen molar-refractivity contribution in [2.45, 2.75) is 32.9 Å². The van der Waals surface area contributed by atoms with Crippen molar-refractivity contribution in [1.82, 2.24) is 15.1 Å². The number of nitrogens with one attached hydrogen (secondary N) is 1. The van der Waals surface area contributed by atoms with E-state index in [0.717, 1.165) is 38.3 Å². The van der Waals surface area contributed by atoms with Gasteiger partial charge in [-0.05, 0) is 30.0 Å². The van der Waals surface area contributed by atoms with E-state index >= 15 is 0 Å². The summed E-state index contributed by atoms with van der Waals surface area (Å²) in [6.45, 7) is 8.84. The molecule has 1 fully saturated rings. The van der Waals surface area contributed by atoms with Crippen LogP contribution < -0.4 is 5.32 Å². The first-order valence-corrected chi connectivity index (χ1v) is 9.01. The second kappa shape index (κ2) is 9.73. The Balaban J connectivity index is 1.84. The summed E-state index contributed by atoms with van der Waals surface area (Å²) in [5.74, 6) is 0.305. The lowest BCUT2D eigenvalue weighted by Crippen LogP contribution is -2.50. The number of hydrogen-bond donors (Lipinski definition) is 1. The molecular weight excluding hydrogens is 321 g/mol. The number of amides is 2. The molecule has 25 heavy (non-hydrogen) atoms. The molecule has 5 nitrogen and oxygen atoms in total. The largest absolute Gasteiger partial charge is 0.379 e. The van der Waals surface area contributed by atoms with Crippen LogP contribution in [0.1, 0.15) is 25.8 Å². The van der Waals surface area contributed by atoms with Gasteiger partial charge in [0.15, 0.2) is 0 Å². The third-order valence-corrected chi connectivity index (χ3v) is 4.47. The number of ether oxygens (including phenoxy) is 1. The first kappa shape index (κ1) is 19.7. The minimum absolute atomic E-state index is 0.105. The van der Waals surface area contributed by atoms with E-state index in [0.29, 0.717) is 25.0 Å². The highest BCUT2D eigenvalue weighted by atomic mass is 19.1. The van der Waals surface area contributed by atoms with E-state index in [1.807, 2.05) is 0 Å². The van der Waals surface area contributed by atoms with Crippen LogP contribution in [-0.2, 0) is 11.3 Å². The number of carbonyl (C=O) groups is 1. The SMILES string of the molecule is CC(C)CC(CNC(=O)N(C)Cc1ccc(F)cc1)N1CCOCC1. The molecular formula is C19H30FN3O2. The number of rotatable bonds is 7. The van der Waals surface area contributed by atoms with Crippen molar-refractivity contribution < 1.29 is 13.9 Å². The van der Waals surface area contributed by atoms with E-state index in [1.54, 1.807) is 24.1 Å². The molecule has 0 radical (unpaired) electrons. The van der Waals surface area contributed by atoms with Crippen LogP contribution in [0.5, 0.6) is 0 Å². The smallest absolute Gasteiger partial charge is 0.317 e. The van der Waals surface area contributed by atoms with Crippen molar-refractivity contribution in [1.29, 1.82) is 0 Å².